The Kier molecular flexibility index (Phi) is 5.54. The highest BCUT2D eigenvalue weighted by molar-refractivity contribution is 7.22. The molecule has 0 unspecified atom stereocenters. The van der Waals surface area contributed by atoms with Crippen molar-refractivity contribution in [3.63, 3.8) is 0 Å². The Morgan fingerprint density at radius 1 is 1.23 bits per heavy atom. The monoisotopic (exact) mass is 388 g/mol. The van der Waals surface area contributed by atoms with E-state index in [2.05, 4.69) is 4.98 Å². The molecule has 0 aliphatic carbocycles. The van der Waals surface area contributed by atoms with E-state index >= 15 is 0 Å². The summed E-state index contributed by atoms with van der Waals surface area (Å²) < 4.78 is 6.53. The van der Waals surface area contributed by atoms with Crippen LogP contribution in [0.3, 0.4) is 0 Å². The fourth-order valence-electron chi connectivity index (χ4n) is 2.45. The van der Waals surface area contributed by atoms with E-state index < -0.39 is 0 Å². The number of ether oxygens (including phenoxy) is 1. The molecule has 0 N–H and O–H groups in total. The topological polar surface area (TPSA) is 59.5 Å². The van der Waals surface area contributed by atoms with Gasteiger partial charge in [-0.05, 0) is 44.2 Å². The van der Waals surface area contributed by atoms with E-state index in [0.29, 0.717) is 28.0 Å². The molecule has 0 bridgehead atoms. The van der Waals surface area contributed by atoms with Gasteiger partial charge in [-0.2, -0.15) is 0 Å². The van der Waals surface area contributed by atoms with Crippen LogP contribution in [0.1, 0.15) is 24.2 Å². The van der Waals surface area contributed by atoms with Gasteiger partial charge in [0.05, 0.1) is 10.2 Å². The van der Waals surface area contributed by atoms with E-state index in [1.165, 1.54) is 18.3 Å². The first-order chi connectivity index (χ1) is 12.5. The number of nitrogens with zero attached hydrogens (tertiary/aromatic N) is 2. The van der Waals surface area contributed by atoms with Crippen molar-refractivity contribution in [2.45, 2.75) is 13.8 Å². The molecule has 5 nitrogen and oxygen atoms in total. The van der Waals surface area contributed by atoms with Gasteiger partial charge >= 0.3 is 0 Å². The molecule has 0 radical (unpaired) electrons. The molecule has 3 aromatic rings. The fraction of sp³-hybridized carbons (Fsp3) is 0.211. The maximum absolute atomic E-state index is 12.6. The lowest BCUT2D eigenvalue weighted by atomic mass is 10.1. The van der Waals surface area contributed by atoms with Crippen molar-refractivity contribution in [1.82, 2.24) is 4.98 Å². The number of carbonyl (C=O) groups excluding carboxylic acids is 2. The normalized spacial score (nSPS) is 10.7. The first-order valence-corrected chi connectivity index (χ1v) is 9.27. The van der Waals surface area contributed by atoms with Gasteiger partial charge in [0.1, 0.15) is 5.75 Å². The summed E-state index contributed by atoms with van der Waals surface area (Å²) in [5.74, 6) is 0.231. The highest BCUT2D eigenvalue weighted by Gasteiger charge is 2.19. The third kappa shape index (κ3) is 4.03. The number of benzene rings is 2. The minimum Gasteiger partial charge on any atom is -0.484 e. The van der Waals surface area contributed by atoms with Crippen molar-refractivity contribution in [3.05, 3.63) is 53.1 Å². The first kappa shape index (κ1) is 18.4. The van der Waals surface area contributed by atoms with Crippen molar-refractivity contribution >= 4 is 50.0 Å². The summed E-state index contributed by atoms with van der Waals surface area (Å²) in [4.78, 5) is 30.1. The van der Waals surface area contributed by atoms with Crippen LogP contribution >= 0.6 is 22.9 Å². The van der Waals surface area contributed by atoms with E-state index in [9.17, 15) is 9.59 Å². The molecule has 0 atom stereocenters. The van der Waals surface area contributed by atoms with Gasteiger partial charge in [-0.25, -0.2) is 4.98 Å². The number of halogens is 1. The molecule has 1 aromatic heterocycles. The van der Waals surface area contributed by atoms with E-state index in [4.69, 9.17) is 16.3 Å². The molecular weight excluding hydrogens is 372 g/mol. The molecule has 1 heterocycles. The van der Waals surface area contributed by atoms with E-state index in [-0.39, 0.29) is 18.3 Å². The lowest BCUT2D eigenvalue weighted by Gasteiger charge is -2.18. The summed E-state index contributed by atoms with van der Waals surface area (Å²) in [7, 11) is 0. The Bertz CT molecular complexity index is 970. The van der Waals surface area contributed by atoms with Crippen LogP contribution in [0.5, 0.6) is 5.75 Å². The second-order valence-electron chi connectivity index (χ2n) is 5.62. The summed E-state index contributed by atoms with van der Waals surface area (Å²) in [5, 5.41) is 1.22. The zero-order chi connectivity index (χ0) is 18.7. The Labute approximate surface area is 160 Å². The van der Waals surface area contributed by atoms with Gasteiger partial charge in [-0.3, -0.25) is 14.5 Å². The molecule has 26 heavy (non-hydrogen) atoms. The Hall–Kier alpha value is -2.44. The number of fused-ring (bicyclic) bond motifs is 1. The van der Waals surface area contributed by atoms with Crippen LogP contribution in [0, 0.1) is 0 Å². The van der Waals surface area contributed by atoms with Gasteiger partial charge in [0, 0.05) is 17.1 Å². The summed E-state index contributed by atoms with van der Waals surface area (Å²) >= 11 is 7.43. The summed E-state index contributed by atoms with van der Waals surface area (Å²) in [6.45, 7) is 3.71. The lowest BCUT2D eigenvalue weighted by Crippen LogP contribution is -2.34. The highest BCUT2D eigenvalue weighted by Crippen LogP contribution is 2.30. The zero-order valence-corrected chi connectivity index (χ0v) is 15.9. The second kappa shape index (κ2) is 7.85. The molecule has 0 saturated heterocycles. The number of carbonyl (C=O) groups is 2. The van der Waals surface area contributed by atoms with Crippen LogP contribution in [0.4, 0.5) is 5.13 Å². The van der Waals surface area contributed by atoms with E-state index in [0.717, 1.165) is 10.2 Å². The second-order valence-corrected chi connectivity index (χ2v) is 7.06. The van der Waals surface area contributed by atoms with Gasteiger partial charge in [-0.1, -0.05) is 35.1 Å². The highest BCUT2D eigenvalue weighted by atomic mass is 35.5. The number of likely N-dealkylation sites (N-methyl/N-ethyl adjacent to an activating group) is 1. The molecule has 0 aliphatic rings. The van der Waals surface area contributed by atoms with Crippen LogP contribution in [0.25, 0.3) is 10.2 Å². The third-order valence-corrected chi connectivity index (χ3v) is 5.08. The number of thiazole rings is 1. The van der Waals surface area contributed by atoms with Crippen LogP contribution in [-0.2, 0) is 4.79 Å². The number of aromatic nitrogens is 1. The molecule has 0 saturated carbocycles. The van der Waals surface area contributed by atoms with Crippen molar-refractivity contribution in [1.29, 1.82) is 0 Å². The van der Waals surface area contributed by atoms with Crippen LogP contribution in [-0.4, -0.2) is 29.8 Å². The van der Waals surface area contributed by atoms with Crippen LogP contribution in [0.15, 0.2) is 42.5 Å². The predicted octanol–water partition coefficient (Wildman–Crippen LogP) is 4.58. The number of amides is 1. The summed E-state index contributed by atoms with van der Waals surface area (Å²) in [6, 6.07) is 12.3. The van der Waals surface area contributed by atoms with Crippen molar-refractivity contribution in [2.75, 3.05) is 18.1 Å². The standard InChI is InChI=1S/C19H17ClN2O3S/c1-3-22(19-21-16-10-14(20)7-8-17(16)26-19)18(24)11-25-15-6-4-5-13(9-15)12(2)23/h4-10H,3,11H2,1-2H3. The van der Waals surface area contributed by atoms with Crippen molar-refractivity contribution in [3.8, 4) is 5.75 Å². The molecule has 7 heteroatoms. The molecular formula is C19H17ClN2O3S. The molecule has 3 rings (SSSR count). The average Bonchev–Trinajstić information content (AvgIpc) is 3.03. The molecule has 1 amide bonds. The number of rotatable bonds is 6. The largest absolute Gasteiger partial charge is 0.484 e. The minimum atomic E-state index is -0.203. The molecule has 134 valence electrons. The molecule has 0 fully saturated rings. The van der Waals surface area contributed by atoms with Gasteiger partial charge < -0.3 is 4.74 Å². The van der Waals surface area contributed by atoms with Crippen molar-refractivity contribution in [2.24, 2.45) is 0 Å². The van der Waals surface area contributed by atoms with Crippen LogP contribution < -0.4 is 9.64 Å². The van der Waals surface area contributed by atoms with Gasteiger partial charge in [0.15, 0.2) is 17.5 Å². The summed E-state index contributed by atoms with van der Waals surface area (Å²) in [6.07, 6.45) is 0. The number of hydrogen-bond acceptors (Lipinski definition) is 5. The van der Waals surface area contributed by atoms with Crippen molar-refractivity contribution < 1.29 is 14.3 Å². The fourth-order valence-corrected chi connectivity index (χ4v) is 3.64. The zero-order valence-electron chi connectivity index (χ0n) is 14.4. The molecule has 0 spiro atoms. The average molecular weight is 389 g/mol. The number of ketones is 1. The van der Waals surface area contributed by atoms with Gasteiger partial charge in [0.2, 0.25) is 0 Å². The predicted molar refractivity (Wildman–Crippen MR) is 105 cm³/mol. The Balaban J connectivity index is 1.74. The lowest BCUT2D eigenvalue weighted by molar-refractivity contribution is -0.120. The Morgan fingerprint density at radius 3 is 2.77 bits per heavy atom. The summed E-state index contributed by atoms with van der Waals surface area (Å²) in [5.41, 5.74) is 1.31. The number of anilines is 1. The quantitative estimate of drug-likeness (QED) is 0.580. The smallest absolute Gasteiger partial charge is 0.266 e. The molecule has 0 aliphatic heterocycles. The maximum atomic E-state index is 12.6. The third-order valence-electron chi connectivity index (χ3n) is 3.79. The number of hydrogen-bond donors (Lipinski definition) is 0. The minimum absolute atomic E-state index is 0.0508. The SMILES string of the molecule is CCN(C(=O)COc1cccc(C(C)=O)c1)c1nc2cc(Cl)ccc2s1. The van der Waals surface area contributed by atoms with Gasteiger partial charge in [0.25, 0.3) is 5.91 Å². The van der Waals surface area contributed by atoms with E-state index in [1.54, 1.807) is 41.3 Å². The number of Topliss-reactive ketones (excluding diaryl/α,β-unsaturated/α-hetero) is 1. The Morgan fingerprint density at radius 2 is 2.04 bits per heavy atom. The van der Waals surface area contributed by atoms with Crippen LogP contribution in [0.2, 0.25) is 5.02 Å². The van der Waals surface area contributed by atoms with Gasteiger partial charge in [-0.15, -0.1) is 0 Å². The van der Waals surface area contributed by atoms with E-state index in [1.807, 2.05) is 13.0 Å². The maximum Gasteiger partial charge on any atom is 0.266 e. The molecule has 2 aromatic carbocycles. The first-order valence-electron chi connectivity index (χ1n) is 8.08.